The second kappa shape index (κ2) is 11.3. The Bertz CT molecular complexity index is 1270. The summed E-state index contributed by atoms with van der Waals surface area (Å²) in [4.78, 5) is 37.7. The maximum atomic E-state index is 13.8. The van der Waals surface area contributed by atoms with Crippen molar-refractivity contribution in [3.05, 3.63) is 63.2 Å². The van der Waals surface area contributed by atoms with Gasteiger partial charge in [0, 0.05) is 0 Å². The minimum atomic E-state index is -4.29. The van der Waals surface area contributed by atoms with Crippen molar-refractivity contribution in [2.75, 3.05) is 6.61 Å². The fourth-order valence-electron chi connectivity index (χ4n) is 3.57. The predicted molar refractivity (Wildman–Crippen MR) is 128 cm³/mol. The number of nitrogens with one attached hydrogen (secondary N) is 2. The summed E-state index contributed by atoms with van der Waals surface area (Å²) in [5.41, 5.74) is 2.29. The number of nitrogens with two attached hydrogens (primary N) is 1. The molecule has 1 fully saturated rings. The molecule has 0 amide bonds. The lowest BCUT2D eigenvalue weighted by atomic mass is 9.93. The highest BCUT2D eigenvalue weighted by Gasteiger charge is 2.53. The van der Waals surface area contributed by atoms with Crippen LogP contribution < -0.4 is 26.6 Å². The molecule has 2 heterocycles. The summed E-state index contributed by atoms with van der Waals surface area (Å²) in [5.74, 6) is -1.81. The normalized spacial score (nSPS) is 26.0. The Morgan fingerprint density at radius 3 is 2.59 bits per heavy atom. The molecule has 1 aliphatic rings. The van der Waals surface area contributed by atoms with E-state index in [1.807, 2.05) is 0 Å². The molecular weight excluding hydrogens is 514 g/mol. The number of carbonyl (C=O) groups excluding carboxylic acids is 1. The number of hydrogen-bond donors (Lipinski definition) is 4. The highest BCUT2D eigenvalue weighted by Crippen LogP contribution is 2.46. The van der Waals surface area contributed by atoms with Crippen LogP contribution in [0.1, 0.15) is 33.9 Å². The van der Waals surface area contributed by atoms with Crippen LogP contribution in [0.4, 0.5) is 4.39 Å². The Balaban J connectivity index is 1.82. The van der Waals surface area contributed by atoms with Gasteiger partial charge in [-0.2, -0.15) is 9.48 Å². The first-order valence-electron chi connectivity index (χ1n) is 11.3. The van der Waals surface area contributed by atoms with Gasteiger partial charge in [0.05, 0.1) is 24.4 Å². The summed E-state index contributed by atoms with van der Waals surface area (Å²) < 4.78 is 50.0. The van der Waals surface area contributed by atoms with Crippen molar-refractivity contribution in [2.24, 2.45) is 5.73 Å². The van der Waals surface area contributed by atoms with E-state index in [1.54, 1.807) is 37.0 Å². The number of benzene rings is 1. The van der Waals surface area contributed by atoms with Crippen molar-refractivity contribution in [1.29, 1.82) is 0 Å². The van der Waals surface area contributed by atoms with Crippen LogP contribution in [0, 0.1) is 5.82 Å². The number of halogens is 1. The Labute approximate surface area is 211 Å². The molecule has 1 aromatic carbocycles. The third-order valence-electron chi connectivity index (χ3n) is 5.44. The molecule has 1 aromatic heterocycles. The molecule has 15 heteroatoms. The molecule has 0 saturated carbocycles. The Morgan fingerprint density at radius 2 is 1.97 bits per heavy atom. The van der Waals surface area contributed by atoms with Crippen LogP contribution in [0.3, 0.4) is 0 Å². The fraction of sp³-hybridized carbons (Fsp3) is 0.500. The van der Waals surface area contributed by atoms with Gasteiger partial charge < -0.3 is 24.8 Å². The summed E-state index contributed by atoms with van der Waals surface area (Å²) >= 11 is 0. The summed E-state index contributed by atoms with van der Waals surface area (Å²) in [7, 11) is -4.29. The topological polar surface area (TPSA) is 184 Å². The van der Waals surface area contributed by atoms with Gasteiger partial charge in [-0.05, 0) is 39.8 Å². The first kappa shape index (κ1) is 28.7. The van der Waals surface area contributed by atoms with E-state index in [4.69, 9.17) is 24.3 Å². The number of H-pyrrole nitrogens is 1. The Kier molecular flexibility index (Phi) is 8.73. The van der Waals surface area contributed by atoms with Crippen LogP contribution >= 0.6 is 7.75 Å². The molecule has 204 valence electrons. The molecule has 0 spiro atoms. The summed E-state index contributed by atoms with van der Waals surface area (Å²) in [5, 5.41) is 13.3. The third-order valence-corrected chi connectivity index (χ3v) is 7.08. The van der Waals surface area contributed by atoms with Gasteiger partial charge in [-0.15, -0.1) is 0 Å². The van der Waals surface area contributed by atoms with Crippen LogP contribution in [0.2, 0.25) is 0 Å². The van der Waals surface area contributed by atoms with Crippen molar-refractivity contribution in [2.45, 2.75) is 63.8 Å². The SMILES string of the molecule is CC(C)OC(=O)C(C)NP(=O)(OCC1OC(n2cc(F)c(=O)[nH]c2=O)C(C)(N)C1O)Oc1ccccc1. The van der Waals surface area contributed by atoms with Gasteiger partial charge in [0.25, 0.3) is 5.56 Å². The molecule has 2 aromatic rings. The number of hydrogen-bond acceptors (Lipinski definition) is 10. The zero-order valence-electron chi connectivity index (χ0n) is 20.6. The molecule has 3 rings (SSSR count). The average Bonchev–Trinajstić information content (AvgIpc) is 3.03. The number of carbonyl (C=O) groups is 1. The molecule has 37 heavy (non-hydrogen) atoms. The monoisotopic (exact) mass is 544 g/mol. The number of rotatable bonds is 10. The van der Waals surface area contributed by atoms with Gasteiger partial charge in [0.15, 0.2) is 6.23 Å². The number of ether oxygens (including phenoxy) is 2. The highest BCUT2D eigenvalue weighted by atomic mass is 31.2. The summed E-state index contributed by atoms with van der Waals surface area (Å²) in [6.07, 6.45) is -3.99. The van der Waals surface area contributed by atoms with E-state index in [1.165, 1.54) is 26.0 Å². The van der Waals surface area contributed by atoms with E-state index >= 15 is 0 Å². The van der Waals surface area contributed by atoms with Crippen LogP contribution in [-0.2, 0) is 23.4 Å². The van der Waals surface area contributed by atoms with E-state index in [0.717, 1.165) is 0 Å². The van der Waals surface area contributed by atoms with Crippen LogP contribution in [0.5, 0.6) is 5.75 Å². The Morgan fingerprint density at radius 1 is 1.32 bits per heavy atom. The Hall–Kier alpha value is -2.87. The van der Waals surface area contributed by atoms with Crippen molar-refractivity contribution in [3.8, 4) is 5.75 Å². The highest BCUT2D eigenvalue weighted by molar-refractivity contribution is 7.52. The van der Waals surface area contributed by atoms with Crippen molar-refractivity contribution < 1.29 is 37.4 Å². The summed E-state index contributed by atoms with van der Waals surface area (Å²) in [6, 6.07) is 6.89. The van der Waals surface area contributed by atoms with Crippen molar-refractivity contribution in [3.63, 3.8) is 0 Å². The maximum Gasteiger partial charge on any atom is 0.459 e. The van der Waals surface area contributed by atoms with E-state index in [2.05, 4.69) is 5.09 Å². The second-order valence-corrected chi connectivity index (χ2v) is 10.7. The lowest BCUT2D eigenvalue weighted by Crippen LogP contribution is -2.54. The number of nitrogens with zero attached hydrogens (tertiary/aromatic N) is 1. The minimum Gasteiger partial charge on any atom is -0.462 e. The third kappa shape index (κ3) is 6.72. The standard InChI is InChI=1S/C22H30FN4O9P/c1-12(2)34-19(30)13(3)26-37(32,36-14-8-6-5-7-9-14)33-11-16-17(28)22(4,24)20(35-16)27-10-15(23)18(29)25-21(27)31/h5-10,12-13,16-17,20,28H,11,24H2,1-4H3,(H,26,32)(H,25,29,31). The van der Waals surface area contributed by atoms with Crippen molar-refractivity contribution in [1.82, 2.24) is 14.6 Å². The quantitative estimate of drug-likeness (QED) is 0.245. The zero-order valence-corrected chi connectivity index (χ0v) is 21.5. The van der Waals surface area contributed by atoms with Crippen LogP contribution in [0.15, 0.2) is 46.1 Å². The molecule has 0 radical (unpaired) electrons. The first-order chi connectivity index (χ1) is 17.2. The van der Waals surface area contributed by atoms with E-state index in [9.17, 15) is 28.4 Å². The lowest BCUT2D eigenvalue weighted by Gasteiger charge is -2.28. The number of esters is 1. The first-order valence-corrected chi connectivity index (χ1v) is 12.9. The number of aliphatic hydroxyl groups is 1. The van der Waals surface area contributed by atoms with Crippen LogP contribution in [0.25, 0.3) is 0 Å². The molecule has 5 N–H and O–H groups in total. The van der Waals surface area contributed by atoms with Crippen LogP contribution in [-0.4, -0.2) is 57.1 Å². The second-order valence-electron chi connectivity index (χ2n) is 9.02. The molecule has 13 nitrogen and oxygen atoms in total. The minimum absolute atomic E-state index is 0.160. The van der Waals surface area contributed by atoms with E-state index in [0.29, 0.717) is 10.8 Å². The molecule has 6 atom stereocenters. The number of aliphatic hydroxyl groups excluding tert-OH is 1. The molecule has 0 bridgehead atoms. The van der Waals surface area contributed by atoms with Gasteiger partial charge in [0.1, 0.15) is 24.0 Å². The maximum absolute atomic E-state index is 13.8. The fourth-order valence-corrected chi connectivity index (χ4v) is 5.07. The average molecular weight is 544 g/mol. The molecule has 1 saturated heterocycles. The summed E-state index contributed by atoms with van der Waals surface area (Å²) in [6.45, 7) is 5.48. The van der Waals surface area contributed by atoms with E-state index in [-0.39, 0.29) is 5.75 Å². The van der Waals surface area contributed by atoms with Gasteiger partial charge in [-0.1, -0.05) is 18.2 Å². The number of para-hydroxylation sites is 1. The number of aromatic nitrogens is 2. The van der Waals surface area contributed by atoms with Crippen molar-refractivity contribution >= 4 is 13.7 Å². The predicted octanol–water partition coefficient (Wildman–Crippen LogP) is 0.785. The molecule has 6 unspecified atom stereocenters. The van der Waals surface area contributed by atoms with E-state index < -0.39 is 73.5 Å². The molecule has 0 aliphatic carbocycles. The molecule has 1 aliphatic heterocycles. The zero-order chi connectivity index (χ0) is 27.5. The van der Waals surface area contributed by atoms with Gasteiger partial charge in [-0.25, -0.2) is 9.36 Å². The number of aromatic amines is 1. The lowest BCUT2D eigenvalue weighted by molar-refractivity contribution is -0.149. The van der Waals surface area contributed by atoms with Gasteiger partial charge >= 0.3 is 19.4 Å². The van der Waals surface area contributed by atoms with Gasteiger partial charge in [-0.3, -0.25) is 23.7 Å². The van der Waals surface area contributed by atoms with Gasteiger partial charge in [0.2, 0.25) is 5.82 Å². The largest absolute Gasteiger partial charge is 0.462 e. The smallest absolute Gasteiger partial charge is 0.459 e. The molecular formula is C22H30FN4O9P.